The Hall–Kier alpha value is -2.54. The first-order valence-corrected chi connectivity index (χ1v) is 17.3. The van der Waals surface area contributed by atoms with Gasteiger partial charge < -0.3 is 14.7 Å². The third-order valence-electron chi connectivity index (χ3n) is 9.02. The molecule has 0 aromatic heterocycles. The molecule has 0 spiro atoms. The van der Waals surface area contributed by atoms with E-state index in [9.17, 15) is 22.8 Å². The molecular weight excluding hydrogens is 622 g/mol. The molecule has 2 aromatic rings. The molecule has 1 N–H and O–H groups in total. The molecule has 1 aliphatic carbocycles. The second kappa shape index (κ2) is 12.2. The van der Waals surface area contributed by atoms with Gasteiger partial charge >= 0.3 is 0 Å². The van der Waals surface area contributed by atoms with E-state index < -0.39 is 16.1 Å². The Bertz CT molecular complexity index is 1470. The summed E-state index contributed by atoms with van der Waals surface area (Å²) in [6.45, 7) is 4.96. The SMILES string of the molecule is O=C(C1CC1)N1CCN(C[C@@H]2CCCN2C(=O)CN2CCC[C@H](NS(=O)(=O)c3ccc4cc(Br)ccc4c3)C2=O)CC1. The molecule has 4 aliphatic rings. The Morgan fingerprint density at radius 3 is 2.36 bits per heavy atom. The van der Waals surface area contributed by atoms with Gasteiger partial charge in [0.05, 0.1) is 11.4 Å². The molecule has 2 atom stereocenters. The number of rotatable bonds is 8. The van der Waals surface area contributed by atoms with Crippen LogP contribution in [0.25, 0.3) is 10.8 Å². The number of sulfonamides is 1. The third-order valence-corrected chi connectivity index (χ3v) is 11.0. The summed E-state index contributed by atoms with van der Waals surface area (Å²) >= 11 is 3.43. The number of likely N-dealkylation sites (tertiary alicyclic amines) is 2. The van der Waals surface area contributed by atoms with Crippen LogP contribution in [0.2, 0.25) is 0 Å². The van der Waals surface area contributed by atoms with Crippen LogP contribution in [0.3, 0.4) is 0 Å². The van der Waals surface area contributed by atoms with Gasteiger partial charge in [-0.15, -0.1) is 0 Å². The van der Waals surface area contributed by atoms with Crippen LogP contribution in [0.4, 0.5) is 0 Å². The number of halogens is 1. The highest BCUT2D eigenvalue weighted by Crippen LogP contribution is 2.31. The van der Waals surface area contributed by atoms with Gasteiger partial charge in [0, 0.05) is 62.2 Å². The Labute approximate surface area is 255 Å². The van der Waals surface area contributed by atoms with E-state index in [1.807, 2.05) is 28.0 Å². The molecule has 2 aromatic carbocycles. The van der Waals surface area contributed by atoms with Crippen molar-refractivity contribution in [2.75, 3.05) is 52.4 Å². The topological polar surface area (TPSA) is 110 Å². The van der Waals surface area contributed by atoms with Crippen LogP contribution >= 0.6 is 15.9 Å². The summed E-state index contributed by atoms with van der Waals surface area (Å²) in [4.78, 5) is 47.0. The van der Waals surface area contributed by atoms with Gasteiger partial charge in [0.25, 0.3) is 0 Å². The van der Waals surface area contributed by atoms with Crippen LogP contribution in [0.15, 0.2) is 45.8 Å². The van der Waals surface area contributed by atoms with Gasteiger partial charge in [-0.2, -0.15) is 4.72 Å². The van der Waals surface area contributed by atoms with Gasteiger partial charge in [0.15, 0.2) is 0 Å². The van der Waals surface area contributed by atoms with Crippen molar-refractivity contribution in [1.29, 1.82) is 0 Å². The highest BCUT2D eigenvalue weighted by atomic mass is 79.9. The predicted molar refractivity (Wildman–Crippen MR) is 162 cm³/mol. The zero-order chi connectivity index (χ0) is 29.4. The first-order chi connectivity index (χ1) is 20.2. The van der Waals surface area contributed by atoms with Crippen molar-refractivity contribution in [3.8, 4) is 0 Å². The van der Waals surface area contributed by atoms with Crippen LogP contribution < -0.4 is 4.72 Å². The number of piperidine rings is 1. The molecule has 6 rings (SSSR count). The second-order valence-electron chi connectivity index (χ2n) is 12.0. The first kappa shape index (κ1) is 29.5. The number of fused-ring (bicyclic) bond motifs is 1. The number of carbonyl (C=O) groups is 3. The zero-order valence-electron chi connectivity index (χ0n) is 23.7. The highest BCUT2D eigenvalue weighted by molar-refractivity contribution is 9.10. The Morgan fingerprint density at radius 1 is 0.881 bits per heavy atom. The minimum atomic E-state index is -3.93. The molecule has 226 valence electrons. The number of carbonyl (C=O) groups excluding carboxylic acids is 3. The van der Waals surface area contributed by atoms with Crippen molar-refractivity contribution in [3.63, 3.8) is 0 Å². The lowest BCUT2D eigenvalue weighted by molar-refractivity contribution is -0.143. The molecule has 3 amide bonds. The lowest BCUT2D eigenvalue weighted by Gasteiger charge is -2.38. The summed E-state index contributed by atoms with van der Waals surface area (Å²) < 4.78 is 30.0. The van der Waals surface area contributed by atoms with E-state index in [0.717, 1.165) is 73.7 Å². The van der Waals surface area contributed by atoms with Crippen molar-refractivity contribution in [1.82, 2.24) is 24.3 Å². The van der Waals surface area contributed by atoms with Crippen molar-refractivity contribution < 1.29 is 22.8 Å². The van der Waals surface area contributed by atoms with Gasteiger partial charge in [-0.1, -0.05) is 28.1 Å². The number of nitrogens with zero attached hydrogens (tertiary/aromatic N) is 4. The van der Waals surface area contributed by atoms with E-state index in [0.29, 0.717) is 31.8 Å². The number of piperazine rings is 1. The van der Waals surface area contributed by atoms with Crippen molar-refractivity contribution in [3.05, 3.63) is 40.9 Å². The summed E-state index contributed by atoms with van der Waals surface area (Å²) in [6, 6.07) is 9.71. The fourth-order valence-corrected chi connectivity index (χ4v) is 8.11. The van der Waals surface area contributed by atoms with E-state index >= 15 is 0 Å². The molecule has 3 aliphatic heterocycles. The standard InChI is InChI=1S/C30H38BrN5O5S/c31-24-9-7-23-18-26(10-8-22(23)17-24)42(40,41)32-27-4-2-11-35(30(27)39)20-28(37)36-12-1-3-25(36)19-33-13-15-34(16-14-33)29(38)21-5-6-21/h7-10,17-18,21,25,27,32H,1-6,11-16,19-20H2/t25-,27-/m0/s1. The van der Waals surface area contributed by atoms with Crippen LogP contribution in [0, 0.1) is 5.92 Å². The first-order valence-electron chi connectivity index (χ1n) is 15.0. The maximum absolute atomic E-state index is 13.4. The normalized spacial score (nSPS) is 24.0. The molecule has 4 fully saturated rings. The number of benzene rings is 2. The van der Waals surface area contributed by atoms with E-state index in [-0.39, 0.29) is 35.2 Å². The van der Waals surface area contributed by atoms with Gasteiger partial charge in [0.2, 0.25) is 27.7 Å². The monoisotopic (exact) mass is 659 g/mol. The summed E-state index contributed by atoms with van der Waals surface area (Å²) in [5, 5.41) is 1.70. The molecule has 0 unspecified atom stereocenters. The minimum Gasteiger partial charge on any atom is -0.340 e. The maximum Gasteiger partial charge on any atom is 0.242 e. The van der Waals surface area contributed by atoms with E-state index in [4.69, 9.17) is 0 Å². The van der Waals surface area contributed by atoms with Crippen LogP contribution in [0.5, 0.6) is 0 Å². The van der Waals surface area contributed by atoms with E-state index in [2.05, 4.69) is 25.6 Å². The quantitative estimate of drug-likeness (QED) is 0.466. The number of amides is 3. The molecule has 3 saturated heterocycles. The Balaban J connectivity index is 1.04. The average molecular weight is 661 g/mol. The van der Waals surface area contributed by atoms with E-state index in [1.54, 1.807) is 18.2 Å². The molecule has 0 radical (unpaired) electrons. The Morgan fingerprint density at radius 2 is 1.60 bits per heavy atom. The molecular formula is C30H38BrN5O5S. The molecule has 42 heavy (non-hydrogen) atoms. The summed E-state index contributed by atoms with van der Waals surface area (Å²) in [5.74, 6) is 0.103. The second-order valence-corrected chi connectivity index (χ2v) is 14.6. The van der Waals surface area contributed by atoms with E-state index in [1.165, 1.54) is 4.90 Å². The van der Waals surface area contributed by atoms with Crippen molar-refractivity contribution in [2.45, 2.75) is 55.5 Å². The number of hydrogen-bond donors (Lipinski definition) is 1. The molecule has 10 nitrogen and oxygen atoms in total. The van der Waals surface area contributed by atoms with Crippen molar-refractivity contribution >= 4 is 54.4 Å². The Kier molecular flexibility index (Phi) is 8.59. The zero-order valence-corrected chi connectivity index (χ0v) is 26.1. The molecule has 0 bridgehead atoms. The predicted octanol–water partition coefficient (Wildman–Crippen LogP) is 2.42. The molecule has 1 saturated carbocycles. The van der Waals surface area contributed by atoms with Crippen molar-refractivity contribution in [2.24, 2.45) is 5.92 Å². The fourth-order valence-electron chi connectivity index (χ4n) is 6.47. The van der Waals surface area contributed by atoms with Crippen LogP contribution in [-0.2, 0) is 24.4 Å². The summed E-state index contributed by atoms with van der Waals surface area (Å²) in [7, 11) is -3.93. The molecule has 12 heteroatoms. The summed E-state index contributed by atoms with van der Waals surface area (Å²) in [6.07, 6.45) is 4.90. The largest absolute Gasteiger partial charge is 0.340 e. The van der Waals surface area contributed by atoms with Crippen LogP contribution in [-0.4, -0.2) is 110 Å². The summed E-state index contributed by atoms with van der Waals surface area (Å²) in [5.41, 5.74) is 0. The van der Waals surface area contributed by atoms with Gasteiger partial charge in [-0.05, 0) is 73.6 Å². The number of hydrogen-bond acceptors (Lipinski definition) is 6. The third kappa shape index (κ3) is 6.51. The minimum absolute atomic E-state index is 0.0396. The number of nitrogens with one attached hydrogen (secondary N) is 1. The highest BCUT2D eigenvalue weighted by Gasteiger charge is 2.38. The fraction of sp³-hybridized carbons (Fsp3) is 0.567. The smallest absolute Gasteiger partial charge is 0.242 e. The maximum atomic E-state index is 13.4. The van der Waals surface area contributed by atoms with Gasteiger partial charge in [-0.25, -0.2) is 8.42 Å². The molecule has 3 heterocycles. The lowest BCUT2D eigenvalue weighted by atomic mass is 10.1. The lowest BCUT2D eigenvalue weighted by Crippen LogP contribution is -2.56. The average Bonchev–Trinajstić information content (AvgIpc) is 3.73. The van der Waals surface area contributed by atoms with Crippen LogP contribution in [0.1, 0.15) is 38.5 Å². The van der Waals surface area contributed by atoms with Gasteiger partial charge in [-0.3, -0.25) is 19.3 Å². The van der Waals surface area contributed by atoms with Gasteiger partial charge in [0.1, 0.15) is 6.04 Å².